The summed E-state index contributed by atoms with van der Waals surface area (Å²) in [6.45, 7) is 4.08. The zero-order valence-corrected chi connectivity index (χ0v) is 12.5. The lowest BCUT2D eigenvalue weighted by atomic mass is 10.0. The van der Waals surface area contributed by atoms with Crippen molar-refractivity contribution in [3.05, 3.63) is 33.8 Å². The molecule has 1 N–H and O–H groups in total. The molecule has 0 aliphatic carbocycles. The Morgan fingerprint density at radius 2 is 2.06 bits per heavy atom. The predicted octanol–water partition coefficient (Wildman–Crippen LogP) is 2.58. The molecule has 1 aliphatic heterocycles. The van der Waals surface area contributed by atoms with E-state index >= 15 is 0 Å². The first-order chi connectivity index (χ1) is 8.56. The molecule has 0 saturated carbocycles. The van der Waals surface area contributed by atoms with Gasteiger partial charge in [-0.2, -0.15) is 0 Å². The molecule has 4 heteroatoms. The zero-order valence-electron chi connectivity index (χ0n) is 10.9. The highest BCUT2D eigenvalue weighted by atomic mass is 79.9. The predicted molar refractivity (Wildman–Crippen MR) is 76.9 cm³/mol. The van der Waals surface area contributed by atoms with Crippen LogP contribution in [0.1, 0.15) is 28.8 Å². The van der Waals surface area contributed by atoms with Gasteiger partial charge in [0.25, 0.3) is 5.91 Å². The summed E-state index contributed by atoms with van der Waals surface area (Å²) in [5, 5.41) is 3.14. The molecule has 0 spiro atoms. The van der Waals surface area contributed by atoms with Crippen LogP contribution in [0, 0.1) is 6.92 Å². The molecule has 0 bridgehead atoms. The molecular weight excluding hydrogens is 292 g/mol. The number of rotatable bonds is 2. The van der Waals surface area contributed by atoms with Crippen LogP contribution in [0.15, 0.2) is 22.7 Å². The van der Waals surface area contributed by atoms with E-state index in [0.717, 1.165) is 41.5 Å². The van der Waals surface area contributed by atoms with Gasteiger partial charge in [0.05, 0.1) is 0 Å². The Labute approximate surface area is 117 Å². The number of carbonyl (C=O) groups excluding carboxylic acids is 1. The third-order valence-corrected chi connectivity index (χ3v) is 3.99. The molecule has 0 atom stereocenters. The maximum atomic E-state index is 12.2. The second kappa shape index (κ2) is 5.85. The number of hydrogen-bond acceptors (Lipinski definition) is 2. The Morgan fingerprint density at radius 1 is 1.39 bits per heavy atom. The van der Waals surface area contributed by atoms with Crippen molar-refractivity contribution >= 4 is 21.8 Å². The Morgan fingerprint density at radius 3 is 2.72 bits per heavy atom. The van der Waals surface area contributed by atoms with Gasteiger partial charge in [0.15, 0.2) is 0 Å². The van der Waals surface area contributed by atoms with E-state index in [1.807, 2.05) is 25.1 Å². The first-order valence-electron chi connectivity index (χ1n) is 6.32. The van der Waals surface area contributed by atoms with Gasteiger partial charge >= 0.3 is 0 Å². The topological polar surface area (TPSA) is 32.3 Å². The SMILES string of the molecule is Cc1ccc(Br)cc1C(=O)NC1CCN(C)CC1. The minimum Gasteiger partial charge on any atom is -0.349 e. The fourth-order valence-corrected chi connectivity index (χ4v) is 2.62. The summed E-state index contributed by atoms with van der Waals surface area (Å²) >= 11 is 3.41. The van der Waals surface area contributed by atoms with Crippen LogP contribution in [0.3, 0.4) is 0 Å². The van der Waals surface area contributed by atoms with Crippen LogP contribution in [0.2, 0.25) is 0 Å². The maximum Gasteiger partial charge on any atom is 0.251 e. The Bertz CT molecular complexity index is 439. The summed E-state index contributed by atoms with van der Waals surface area (Å²) in [7, 11) is 2.12. The molecule has 1 aromatic rings. The number of nitrogens with zero attached hydrogens (tertiary/aromatic N) is 1. The molecule has 0 aromatic heterocycles. The molecule has 1 aromatic carbocycles. The monoisotopic (exact) mass is 310 g/mol. The first kappa shape index (κ1) is 13.6. The summed E-state index contributed by atoms with van der Waals surface area (Å²) in [6, 6.07) is 6.13. The van der Waals surface area contributed by atoms with Crippen molar-refractivity contribution in [1.29, 1.82) is 0 Å². The van der Waals surface area contributed by atoms with Crippen LogP contribution < -0.4 is 5.32 Å². The Kier molecular flexibility index (Phi) is 4.40. The molecule has 98 valence electrons. The van der Waals surface area contributed by atoms with Gasteiger partial charge in [-0.15, -0.1) is 0 Å². The molecule has 1 amide bonds. The summed E-state index contributed by atoms with van der Waals surface area (Å²) < 4.78 is 0.946. The number of benzene rings is 1. The molecule has 1 saturated heterocycles. The summed E-state index contributed by atoms with van der Waals surface area (Å²) in [4.78, 5) is 14.5. The van der Waals surface area contributed by atoms with Crippen LogP contribution in [0.25, 0.3) is 0 Å². The fraction of sp³-hybridized carbons (Fsp3) is 0.500. The van der Waals surface area contributed by atoms with Gasteiger partial charge in [-0.25, -0.2) is 0 Å². The highest BCUT2D eigenvalue weighted by molar-refractivity contribution is 9.10. The second-order valence-corrected chi connectivity index (χ2v) is 5.93. The number of hydrogen-bond donors (Lipinski definition) is 1. The van der Waals surface area contributed by atoms with Crippen molar-refractivity contribution in [1.82, 2.24) is 10.2 Å². The van der Waals surface area contributed by atoms with E-state index in [0.29, 0.717) is 6.04 Å². The highest BCUT2D eigenvalue weighted by Gasteiger charge is 2.19. The van der Waals surface area contributed by atoms with Gasteiger partial charge in [0.2, 0.25) is 0 Å². The molecule has 2 rings (SSSR count). The average molecular weight is 311 g/mol. The number of nitrogens with one attached hydrogen (secondary N) is 1. The summed E-state index contributed by atoms with van der Waals surface area (Å²) in [5.41, 5.74) is 1.78. The van der Waals surface area contributed by atoms with E-state index in [2.05, 4.69) is 33.2 Å². The van der Waals surface area contributed by atoms with Crippen LogP contribution in [0.4, 0.5) is 0 Å². The van der Waals surface area contributed by atoms with Crippen molar-refractivity contribution in [3.63, 3.8) is 0 Å². The van der Waals surface area contributed by atoms with Gasteiger partial charge in [-0.3, -0.25) is 4.79 Å². The third kappa shape index (κ3) is 3.33. The summed E-state index contributed by atoms with van der Waals surface area (Å²) in [5.74, 6) is 0.0448. The van der Waals surface area contributed by atoms with Crippen molar-refractivity contribution in [2.24, 2.45) is 0 Å². The second-order valence-electron chi connectivity index (χ2n) is 5.01. The van der Waals surface area contributed by atoms with Gasteiger partial charge < -0.3 is 10.2 Å². The van der Waals surface area contributed by atoms with Crippen LogP contribution in [-0.4, -0.2) is 37.0 Å². The average Bonchev–Trinajstić information content (AvgIpc) is 2.35. The van der Waals surface area contributed by atoms with Gasteiger partial charge in [0, 0.05) is 16.1 Å². The standard InChI is InChI=1S/C14H19BrN2O/c1-10-3-4-11(15)9-13(10)14(18)16-12-5-7-17(2)8-6-12/h3-4,9,12H,5-8H2,1-2H3,(H,16,18). The highest BCUT2D eigenvalue weighted by Crippen LogP contribution is 2.17. The molecule has 1 fully saturated rings. The smallest absolute Gasteiger partial charge is 0.251 e. The molecule has 1 heterocycles. The number of aryl methyl sites for hydroxylation is 1. The number of carbonyl (C=O) groups is 1. The van der Waals surface area contributed by atoms with Crippen molar-refractivity contribution in [2.75, 3.05) is 20.1 Å². The van der Waals surface area contributed by atoms with Crippen molar-refractivity contribution < 1.29 is 4.79 Å². The lowest BCUT2D eigenvalue weighted by Crippen LogP contribution is -2.43. The van der Waals surface area contributed by atoms with Gasteiger partial charge in [-0.05, 0) is 57.6 Å². The molecular formula is C14H19BrN2O. The minimum atomic E-state index is 0.0448. The van der Waals surface area contributed by atoms with E-state index in [9.17, 15) is 4.79 Å². The van der Waals surface area contributed by atoms with Gasteiger partial charge in [-0.1, -0.05) is 22.0 Å². The number of likely N-dealkylation sites (tertiary alicyclic amines) is 1. The van der Waals surface area contributed by atoms with Gasteiger partial charge in [0.1, 0.15) is 0 Å². The van der Waals surface area contributed by atoms with Crippen LogP contribution >= 0.6 is 15.9 Å². The molecule has 3 nitrogen and oxygen atoms in total. The number of halogens is 1. The third-order valence-electron chi connectivity index (χ3n) is 3.50. The van der Waals surface area contributed by atoms with E-state index < -0.39 is 0 Å². The minimum absolute atomic E-state index is 0.0448. The van der Waals surface area contributed by atoms with Crippen LogP contribution in [0.5, 0.6) is 0 Å². The molecule has 18 heavy (non-hydrogen) atoms. The van der Waals surface area contributed by atoms with E-state index in [-0.39, 0.29) is 5.91 Å². The lowest BCUT2D eigenvalue weighted by molar-refractivity contribution is 0.0916. The fourth-order valence-electron chi connectivity index (χ4n) is 2.25. The quantitative estimate of drug-likeness (QED) is 0.910. The number of piperidine rings is 1. The first-order valence-corrected chi connectivity index (χ1v) is 7.11. The Balaban J connectivity index is 2.01. The maximum absolute atomic E-state index is 12.2. The molecule has 0 unspecified atom stereocenters. The van der Waals surface area contributed by atoms with Crippen molar-refractivity contribution in [3.8, 4) is 0 Å². The van der Waals surface area contributed by atoms with Crippen molar-refractivity contribution in [2.45, 2.75) is 25.8 Å². The largest absolute Gasteiger partial charge is 0.349 e. The Hall–Kier alpha value is -0.870. The molecule has 0 radical (unpaired) electrons. The van der Waals surface area contributed by atoms with E-state index in [1.165, 1.54) is 0 Å². The normalized spacial score (nSPS) is 17.7. The van der Waals surface area contributed by atoms with E-state index in [1.54, 1.807) is 0 Å². The number of amides is 1. The lowest BCUT2D eigenvalue weighted by Gasteiger charge is -2.29. The summed E-state index contributed by atoms with van der Waals surface area (Å²) in [6.07, 6.45) is 2.07. The molecule has 1 aliphatic rings. The van der Waals surface area contributed by atoms with E-state index in [4.69, 9.17) is 0 Å². The van der Waals surface area contributed by atoms with Crippen LogP contribution in [-0.2, 0) is 0 Å². The zero-order chi connectivity index (χ0) is 13.1.